The van der Waals surface area contributed by atoms with E-state index in [0.29, 0.717) is 5.82 Å². The molecular formula is C59H38N4. The molecule has 0 radical (unpaired) electrons. The molecule has 0 unspecified atom stereocenters. The lowest BCUT2D eigenvalue weighted by Crippen LogP contribution is -1.96. The summed E-state index contributed by atoms with van der Waals surface area (Å²) in [6.07, 6.45) is 0. The van der Waals surface area contributed by atoms with Crippen LogP contribution in [-0.4, -0.2) is 19.5 Å². The smallest absolute Gasteiger partial charge is 0.160 e. The van der Waals surface area contributed by atoms with Crippen LogP contribution in [0.15, 0.2) is 231 Å². The molecule has 0 fully saturated rings. The number of rotatable bonds is 7. The predicted molar refractivity (Wildman–Crippen MR) is 262 cm³/mol. The summed E-state index contributed by atoms with van der Waals surface area (Å²) in [5.74, 6) is 0.696. The van der Waals surface area contributed by atoms with E-state index in [0.717, 1.165) is 83.5 Å². The molecule has 0 N–H and O–H groups in total. The lowest BCUT2D eigenvalue weighted by Gasteiger charge is -2.14. The highest BCUT2D eigenvalue weighted by atomic mass is 15.0. The third kappa shape index (κ3) is 6.44. The summed E-state index contributed by atoms with van der Waals surface area (Å²) in [7, 11) is 0. The second-order valence-electron chi connectivity index (χ2n) is 16.0. The normalized spacial score (nSPS) is 11.5. The molecule has 0 atom stereocenters. The molecule has 12 aromatic rings. The van der Waals surface area contributed by atoms with Gasteiger partial charge in [0.15, 0.2) is 5.82 Å². The summed E-state index contributed by atoms with van der Waals surface area (Å²) >= 11 is 0. The number of nitrogens with zero attached hydrogens (tertiary/aromatic N) is 4. The molecule has 3 aromatic heterocycles. The molecule has 0 spiro atoms. The van der Waals surface area contributed by atoms with Crippen LogP contribution in [0.2, 0.25) is 0 Å². The second kappa shape index (κ2) is 15.2. The van der Waals surface area contributed by atoms with Crippen molar-refractivity contribution < 1.29 is 0 Å². The fraction of sp³-hybridized carbons (Fsp3) is 0. The van der Waals surface area contributed by atoms with Crippen LogP contribution in [0.25, 0.3) is 117 Å². The Bertz CT molecular complexity index is 3640. The van der Waals surface area contributed by atoms with Gasteiger partial charge in [-0.2, -0.15) is 0 Å². The van der Waals surface area contributed by atoms with E-state index in [1.54, 1.807) is 0 Å². The van der Waals surface area contributed by atoms with E-state index in [1.807, 2.05) is 24.3 Å². The number of aromatic nitrogens is 4. The van der Waals surface area contributed by atoms with Gasteiger partial charge in [0.1, 0.15) is 0 Å². The van der Waals surface area contributed by atoms with Gasteiger partial charge in [0.05, 0.1) is 33.6 Å². The Morgan fingerprint density at radius 2 is 0.841 bits per heavy atom. The summed E-state index contributed by atoms with van der Waals surface area (Å²) in [6.45, 7) is 0. The minimum atomic E-state index is 0.696. The molecule has 4 nitrogen and oxygen atoms in total. The van der Waals surface area contributed by atoms with E-state index in [1.165, 1.54) is 27.2 Å². The van der Waals surface area contributed by atoms with Crippen LogP contribution in [0.4, 0.5) is 0 Å². The van der Waals surface area contributed by atoms with Crippen LogP contribution in [-0.2, 0) is 0 Å². The lowest BCUT2D eigenvalue weighted by atomic mass is 9.94. The van der Waals surface area contributed by atoms with Crippen molar-refractivity contribution in [1.82, 2.24) is 19.5 Å². The number of benzene rings is 9. The Morgan fingerprint density at radius 3 is 1.59 bits per heavy atom. The molecule has 0 saturated carbocycles. The molecule has 0 aliphatic carbocycles. The Labute approximate surface area is 365 Å². The first kappa shape index (κ1) is 36.4. The highest BCUT2D eigenvalue weighted by Gasteiger charge is 2.20. The molecule has 0 amide bonds. The molecule has 0 aliphatic rings. The maximum absolute atomic E-state index is 5.47. The maximum atomic E-state index is 5.47. The van der Waals surface area contributed by atoms with Crippen molar-refractivity contribution in [1.29, 1.82) is 0 Å². The summed E-state index contributed by atoms with van der Waals surface area (Å²) in [5.41, 5.74) is 15.9. The summed E-state index contributed by atoms with van der Waals surface area (Å²) < 4.78 is 2.38. The highest BCUT2D eigenvalue weighted by Crippen LogP contribution is 2.43. The fourth-order valence-corrected chi connectivity index (χ4v) is 9.18. The van der Waals surface area contributed by atoms with E-state index in [9.17, 15) is 0 Å². The molecule has 63 heavy (non-hydrogen) atoms. The fourth-order valence-electron chi connectivity index (χ4n) is 9.18. The topological polar surface area (TPSA) is 43.6 Å². The average Bonchev–Trinajstić information content (AvgIpc) is 3.71. The van der Waals surface area contributed by atoms with Gasteiger partial charge in [0.25, 0.3) is 0 Å². The van der Waals surface area contributed by atoms with Gasteiger partial charge in [-0.15, -0.1) is 0 Å². The van der Waals surface area contributed by atoms with Crippen LogP contribution in [0.3, 0.4) is 0 Å². The summed E-state index contributed by atoms with van der Waals surface area (Å²) in [4.78, 5) is 15.7. The van der Waals surface area contributed by atoms with Gasteiger partial charge in [-0.25, -0.2) is 15.0 Å². The number of pyridine rings is 1. The standard InChI is InChI=1S/C59H38N4/c1-5-16-39(17-6-1)44-22-15-23-46(36-44)53-38-52(61-59(62-53)43-20-9-3-10-21-43)41-30-28-40(29-31-41)45-32-34-51-50(37-45)48-33-35-55-56(57(48)58(60-51)42-18-7-2-8-19-42)49-26-13-14-27-54(49)63(55)47-24-11-4-12-25-47/h1-38H. The number of hydrogen-bond donors (Lipinski definition) is 0. The maximum Gasteiger partial charge on any atom is 0.160 e. The Morgan fingerprint density at radius 1 is 0.286 bits per heavy atom. The van der Waals surface area contributed by atoms with Crippen LogP contribution in [0, 0.1) is 0 Å². The van der Waals surface area contributed by atoms with Gasteiger partial charge in [-0.3, -0.25) is 0 Å². The molecule has 4 heteroatoms. The van der Waals surface area contributed by atoms with E-state index in [2.05, 4.69) is 211 Å². The number of para-hydroxylation sites is 2. The molecule has 3 heterocycles. The molecule has 0 aliphatic heterocycles. The van der Waals surface area contributed by atoms with Crippen molar-refractivity contribution in [3.05, 3.63) is 231 Å². The molecule has 9 aromatic carbocycles. The van der Waals surface area contributed by atoms with E-state index in [4.69, 9.17) is 15.0 Å². The minimum Gasteiger partial charge on any atom is -0.309 e. The van der Waals surface area contributed by atoms with Crippen LogP contribution in [0.1, 0.15) is 0 Å². The lowest BCUT2D eigenvalue weighted by molar-refractivity contribution is 1.18. The first-order valence-corrected chi connectivity index (χ1v) is 21.4. The average molecular weight is 803 g/mol. The molecule has 0 bridgehead atoms. The molecule has 0 saturated heterocycles. The van der Waals surface area contributed by atoms with Gasteiger partial charge >= 0.3 is 0 Å². The van der Waals surface area contributed by atoms with Gasteiger partial charge in [-0.1, -0.05) is 182 Å². The van der Waals surface area contributed by atoms with Gasteiger partial charge in [-0.05, 0) is 76.2 Å². The zero-order valence-corrected chi connectivity index (χ0v) is 34.2. The predicted octanol–water partition coefficient (Wildman–Crippen LogP) is 15.3. The Kier molecular flexibility index (Phi) is 8.79. The zero-order valence-electron chi connectivity index (χ0n) is 34.2. The van der Waals surface area contributed by atoms with Crippen molar-refractivity contribution in [2.45, 2.75) is 0 Å². The van der Waals surface area contributed by atoms with Gasteiger partial charge in [0, 0.05) is 49.5 Å². The monoisotopic (exact) mass is 802 g/mol. The summed E-state index contributed by atoms with van der Waals surface area (Å²) in [6, 6.07) is 81.4. The van der Waals surface area contributed by atoms with Crippen LogP contribution >= 0.6 is 0 Å². The number of hydrogen-bond acceptors (Lipinski definition) is 3. The van der Waals surface area contributed by atoms with Gasteiger partial charge in [0.2, 0.25) is 0 Å². The third-order valence-electron chi connectivity index (χ3n) is 12.2. The Hall–Kier alpha value is -8.47. The largest absolute Gasteiger partial charge is 0.309 e. The van der Waals surface area contributed by atoms with Crippen LogP contribution in [0.5, 0.6) is 0 Å². The minimum absolute atomic E-state index is 0.696. The van der Waals surface area contributed by atoms with Crippen molar-refractivity contribution in [3.8, 4) is 73.1 Å². The van der Waals surface area contributed by atoms with Crippen LogP contribution < -0.4 is 0 Å². The molecule has 294 valence electrons. The van der Waals surface area contributed by atoms with E-state index >= 15 is 0 Å². The van der Waals surface area contributed by atoms with Crippen molar-refractivity contribution in [2.24, 2.45) is 0 Å². The zero-order chi connectivity index (χ0) is 41.7. The quantitative estimate of drug-likeness (QED) is 0.151. The summed E-state index contributed by atoms with van der Waals surface area (Å²) in [5, 5.41) is 5.88. The van der Waals surface area contributed by atoms with Crippen molar-refractivity contribution >= 4 is 43.5 Å². The third-order valence-corrected chi connectivity index (χ3v) is 12.2. The SMILES string of the molecule is c1ccc(-c2cccc(-c3cc(-c4ccc(-c5ccc6nc(-c7ccccc7)c7c(ccc8c7c7ccccc7n8-c7ccccc7)c6c5)cc4)nc(-c4ccccc4)n3)c2)cc1. The Balaban J connectivity index is 0.995. The molecule has 12 rings (SSSR count). The van der Waals surface area contributed by atoms with Crippen molar-refractivity contribution in [3.63, 3.8) is 0 Å². The molecular weight excluding hydrogens is 765 g/mol. The second-order valence-corrected chi connectivity index (χ2v) is 16.0. The number of fused-ring (bicyclic) bond motifs is 7. The first-order valence-electron chi connectivity index (χ1n) is 21.4. The van der Waals surface area contributed by atoms with E-state index < -0.39 is 0 Å². The van der Waals surface area contributed by atoms with Crippen molar-refractivity contribution in [2.75, 3.05) is 0 Å². The first-order chi connectivity index (χ1) is 31.2. The van der Waals surface area contributed by atoms with Gasteiger partial charge < -0.3 is 4.57 Å². The highest BCUT2D eigenvalue weighted by molar-refractivity contribution is 6.28. The van der Waals surface area contributed by atoms with E-state index in [-0.39, 0.29) is 0 Å².